The number of aromatic nitrogens is 2. The molecule has 3 heterocycles. The number of nitrogens with one attached hydrogen (secondary N) is 1. The summed E-state index contributed by atoms with van der Waals surface area (Å²) in [5.74, 6) is 0.105. The number of nitrogens with zero attached hydrogens (tertiary/aromatic N) is 3. The molecular formula is C17H16Cl2N4O2. The third-order valence-electron chi connectivity index (χ3n) is 4.92. The van der Waals surface area contributed by atoms with Crippen LogP contribution in [0.4, 0.5) is 11.5 Å². The lowest BCUT2D eigenvalue weighted by Crippen LogP contribution is -2.45. The van der Waals surface area contributed by atoms with Gasteiger partial charge in [-0.25, -0.2) is 4.68 Å². The van der Waals surface area contributed by atoms with Gasteiger partial charge >= 0.3 is 0 Å². The van der Waals surface area contributed by atoms with Crippen LogP contribution in [-0.4, -0.2) is 28.6 Å². The van der Waals surface area contributed by atoms with Crippen LogP contribution in [0.1, 0.15) is 37.4 Å². The molecule has 1 aromatic heterocycles. The third-order valence-corrected chi connectivity index (χ3v) is 5.44. The largest absolute Gasteiger partial charge is 0.314 e. The van der Waals surface area contributed by atoms with Crippen molar-refractivity contribution < 1.29 is 9.59 Å². The Labute approximate surface area is 154 Å². The fraction of sp³-hybridized carbons (Fsp3) is 0.353. The molecule has 0 bridgehead atoms. The quantitative estimate of drug-likeness (QED) is 0.826. The second-order valence-corrected chi connectivity index (χ2v) is 7.56. The molecule has 0 unspecified atom stereocenters. The van der Waals surface area contributed by atoms with Crippen molar-refractivity contribution in [3.63, 3.8) is 0 Å². The van der Waals surface area contributed by atoms with E-state index in [1.165, 1.54) is 4.90 Å². The monoisotopic (exact) mass is 378 g/mol. The Bertz CT molecular complexity index is 937. The van der Waals surface area contributed by atoms with E-state index in [-0.39, 0.29) is 24.3 Å². The molecule has 0 saturated heterocycles. The van der Waals surface area contributed by atoms with Gasteiger partial charge in [0.2, 0.25) is 11.8 Å². The van der Waals surface area contributed by atoms with Gasteiger partial charge in [-0.15, -0.1) is 0 Å². The maximum atomic E-state index is 13.3. The first-order valence-electron chi connectivity index (χ1n) is 7.93. The number of amides is 2. The van der Waals surface area contributed by atoms with E-state index in [1.54, 1.807) is 30.1 Å². The Kier molecular flexibility index (Phi) is 3.43. The molecule has 1 aromatic carbocycles. The number of likely N-dealkylation sites (N-methyl/N-ethyl adjacent to an activating group) is 1. The molecule has 6 nitrogen and oxygen atoms in total. The number of carbonyl (C=O) groups excluding carboxylic acids is 2. The lowest BCUT2D eigenvalue weighted by atomic mass is 9.71. The number of fused-ring (bicyclic) bond motifs is 4. The summed E-state index contributed by atoms with van der Waals surface area (Å²) in [6, 6.07) is 3.34. The van der Waals surface area contributed by atoms with E-state index in [0.29, 0.717) is 32.7 Å². The summed E-state index contributed by atoms with van der Waals surface area (Å²) >= 11 is 12.6. The average molecular weight is 379 g/mol. The smallest absolute Gasteiger partial charge is 0.242 e. The molecule has 0 fully saturated rings. The highest BCUT2D eigenvalue weighted by atomic mass is 35.5. The predicted molar refractivity (Wildman–Crippen MR) is 96.5 cm³/mol. The van der Waals surface area contributed by atoms with E-state index in [0.717, 1.165) is 0 Å². The first kappa shape index (κ1) is 16.4. The average Bonchev–Trinajstić information content (AvgIpc) is 3.03. The highest BCUT2D eigenvalue weighted by Crippen LogP contribution is 2.54. The highest BCUT2D eigenvalue weighted by molar-refractivity contribution is 6.37. The number of anilines is 2. The minimum Gasteiger partial charge on any atom is -0.314 e. The van der Waals surface area contributed by atoms with Crippen molar-refractivity contribution in [3.8, 4) is 0 Å². The minimum absolute atomic E-state index is 0.0126. The SMILES string of the molecule is CC(C)n1ncc2c1NC(=O)C[C@@]21C(=O)N(C)c2cc(Cl)cc(Cl)c21. The van der Waals surface area contributed by atoms with E-state index in [9.17, 15) is 9.59 Å². The maximum absolute atomic E-state index is 13.3. The lowest BCUT2D eigenvalue weighted by molar-refractivity contribution is -0.126. The molecule has 2 aliphatic heterocycles. The number of carbonyl (C=O) groups is 2. The Balaban J connectivity index is 2.08. The van der Waals surface area contributed by atoms with Gasteiger partial charge < -0.3 is 10.2 Å². The molecule has 25 heavy (non-hydrogen) atoms. The van der Waals surface area contributed by atoms with E-state index in [4.69, 9.17) is 23.2 Å². The molecule has 1 N–H and O–H groups in total. The molecule has 2 aromatic rings. The summed E-state index contributed by atoms with van der Waals surface area (Å²) in [5.41, 5.74) is 0.739. The summed E-state index contributed by atoms with van der Waals surface area (Å²) in [6.07, 6.45) is 1.64. The van der Waals surface area contributed by atoms with Crippen molar-refractivity contribution in [1.82, 2.24) is 9.78 Å². The van der Waals surface area contributed by atoms with E-state index in [1.807, 2.05) is 13.8 Å². The van der Waals surface area contributed by atoms with Crippen molar-refractivity contribution in [1.29, 1.82) is 0 Å². The number of rotatable bonds is 1. The van der Waals surface area contributed by atoms with Gasteiger partial charge in [-0.3, -0.25) is 9.59 Å². The molecule has 8 heteroatoms. The molecule has 4 rings (SSSR count). The van der Waals surface area contributed by atoms with Crippen molar-refractivity contribution in [2.24, 2.45) is 0 Å². The van der Waals surface area contributed by atoms with Gasteiger partial charge in [0.1, 0.15) is 11.2 Å². The molecule has 1 atom stereocenters. The van der Waals surface area contributed by atoms with E-state index in [2.05, 4.69) is 10.4 Å². The standard InChI is InChI=1S/C17H16Cl2N4O2/c1-8(2)23-15-10(7-20-23)17(6-13(24)21-15)14-11(19)4-9(18)5-12(14)22(3)16(17)25/h4-5,7-8H,6H2,1-3H3,(H,21,24)/t17-/m1/s1. The maximum Gasteiger partial charge on any atom is 0.242 e. The van der Waals surface area contributed by atoms with Crippen LogP contribution in [0, 0.1) is 0 Å². The second-order valence-electron chi connectivity index (χ2n) is 6.72. The van der Waals surface area contributed by atoms with Crippen LogP contribution >= 0.6 is 23.2 Å². The number of halogens is 2. The molecule has 0 radical (unpaired) electrons. The summed E-state index contributed by atoms with van der Waals surface area (Å²) in [7, 11) is 1.67. The summed E-state index contributed by atoms with van der Waals surface area (Å²) in [5, 5.41) is 8.07. The number of hydrogen-bond acceptors (Lipinski definition) is 3. The van der Waals surface area contributed by atoms with Gasteiger partial charge in [-0.1, -0.05) is 23.2 Å². The Morgan fingerprint density at radius 1 is 1.28 bits per heavy atom. The number of benzene rings is 1. The predicted octanol–water partition coefficient (Wildman–Crippen LogP) is 3.38. The van der Waals surface area contributed by atoms with Gasteiger partial charge in [-0.05, 0) is 26.0 Å². The normalized spacial score (nSPS) is 21.8. The van der Waals surface area contributed by atoms with Crippen LogP contribution in [0.15, 0.2) is 18.3 Å². The van der Waals surface area contributed by atoms with Crippen LogP contribution in [0.2, 0.25) is 10.0 Å². The van der Waals surface area contributed by atoms with Crippen molar-refractivity contribution in [3.05, 3.63) is 39.5 Å². The molecule has 130 valence electrons. The number of hydrogen-bond donors (Lipinski definition) is 1. The van der Waals surface area contributed by atoms with Gasteiger partial charge in [-0.2, -0.15) is 5.10 Å². The van der Waals surface area contributed by atoms with Crippen molar-refractivity contribution in [2.75, 3.05) is 17.3 Å². The van der Waals surface area contributed by atoms with Crippen LogP contribution in [-0.2, 0) is 15.0 Å². The van der Waals surface area contributed by atoms with Crippen LogP contribution in [0.3, 0.4) is 0 Å². The zero-order valence-corrected chi connectivity index (χ0v) is 15.4. The van der Waals surface area contributed by atoms with Crippen molar-refractivity contribution in [2.45, 2.75) is 31.7 Å². The Hall–Kier alpha value is -2.05. The van der Waals surface area contributed by atoms with E-state index >= 15 is 0 Å². The van der Waals surface area contributed by atoms with Crippen LogP contribution < -0.4 is 10.2 Å². The molecule has 0 saturated carbocycles. The van der Waals surface area contributed by atoms with E-state index < -0.39 is 5.41 Å². The molecule has 2 aliphatic rings. The summed E-state index contributed by atoms with van der Waals surface area (Å²) in [6.45, 7) is 3.92. The van der Waals surface area contributed by atoms with Crippen molar-refractivity contribution >= 4 is 46.5 Å². The van der Waals surface area contributed by atoms with Crippen LogP contribution in [0.25, 0.3) is 0 Å². The fourth-order valence-corrected chi connectivity index (χ4v) is 4.51. The van der Waals surface area contributed by atoms with Gasteiger partial charge in [0.05, 0.1) is 11.9 Å². The lowest BCUT2D eigenvalue weighted by Gasteiger charge is -2.32. The third kappa shape index (κ3) is 2.01. The van der Waals surface area contributed by atoms with Gasteiger partial charge in [0.25, 0.3) is 0 Å². The summed E-state index contributed by atoms with van der Waals surface area (Å²) in [4.78, 5) is 27.3. The molecule has 2 amide bonds. The van der Waals surface area contributed by atoms with Gasteiger partial charge in [0, 0.05) is 40.7 Å². The minimum atomic E-state index is -1.17. The zero-order valence-electron chi connectivity index (χ0n) is 13.9. The summed E-state index contributed by atoms with van der Waals surface area (Å²) < 4.78 is 1.71. The molecule has 0 aliphatic carbocycles. The zero-order chi connectivity index (χ0) is 18.1. The second kappa shape index (κ2) is 5.22. The van der Waals surface area contributed by atoms with Gasteiger partial charge in [0.15, 0.2) is 0 Å². The first-order valence-corrected chi connectivity index (χ1v) is 8.68. The molecule has 1 spiro atoms. The fourth-order valence-electron chi connectivity index (χ4n) is 3.87. The van der Waals surface area contributed by atoms with Crippen LogP contribution in [0.5, 0.6) is 0 Å². The topological polar surface area (TPSA) is 67.2 Å². The Morgan fingerprint density at radius 2 is 2.00 bits per heavy atom. The Morgan fingerprint density at radius 3 is 2.68 bits per heavy atom. The highest BCUT2D eigenvalue weighted by Gasteiger charge is 2.57. The first-order chi connectivity index (χ1) is 11.8. The molecular weight excluding hydrogens is 363 g/mol.